The van der Waals surface area contributed by atoms with Crippen LogP contribution in [0.5, 0.6) is 0 Å². The van der Waals surface area contributed by atoms with Crippen LogP contribution in [0.15, 0.2) is 48.8 Å². The fourth-order valence-corrected chi connectivity index (χ4v) is 2.32. The third kappa shape index (κ3) is 2.45. The van der Waals surface area contributed by atoms with E-state index in [1.54, 1.807) is 12.3 Å². The van der Waals surface area contributed by atoms with Crippen LogP contribution in [-0.4, -0.2) is 30.0 Å². The highest BCUT2D eigenvalue weighted by molar-refractivity contribution is 6.13. The molecule has 0 aliphatic heterocycles. The number of hydrogen-bond donors (Lipinski definition) is 2. The summed E-state index contributed by atoms with van der Waals surface area (Å²) >= 11 is 0. The molecule has 5 heteroatoms. The van der Waals surface area contributed by atoms with Gasteiger partial charge in [0.1, 0.15) is 0 Å². The lowest BCUT2D eigenvalue weighted by molar-refractivity contribution is 0.102. The van der Waals surface area contributed by atoms with Gasteiger partial charge in [-0.2, -0.15) is 0 Å². The minimum Gasteiger partial charge on any atom is -0.361 e. The van der Waals surface area contributed by atoms with Gasteiger partial charge in [0, 0.05) is 43.0 Å². The summed E-state index contributed by atoms with van der Waals surface area (Å²) in [6.07, 6.45) is 3.54. The number of fused-ring (bicyclic) bond motifs is 1. The maximum absolute atomic E-state index is 12.5. The van der Waals surface area contributed by atoms with Crippen molar-refractivity contribution in [3.8, 4) is 0 Å². The van der Waals surface area contributed by atoms with Crippen LogP contribution in [0.2, 0.25) is 0 Å². The average Bonchev–Trinajstić information content (AvgIpc) is 2.95. The Balaban J connectivity index is 1.96. The Kier molecular flexibility index (Phi) is 3.31. The first-order chi connectivity index (χ1) is 10.2. The molecule has 0 saturated heterocycles. The summed E-state index contributed by atoms with van der Waals surface area (Å²) in [5.74, 6) is 0.586. The molecule has 3 rings (SSSR count). The quantitative estimate of drug-likeness (QED) is 0.775. The van der Waals surface area contributed by atoms with Crippen LogP contribution >= 0.6 is 0 Å². The van der Waals surface area contributed by atoms with Crippen LogP contribution < -0.4 is 10.2 Å². The van der Waals surface area contributed by atoms with Crippen molar-refractivity contribution >= 4 is 28.3 Å². The number of carbonyl (C=O) groups is 1. The third-order valence-electron chi connectivity index (χ3n) is 3.30. The van der Waals surface area contributed by atoms with Crippen LogP contribution in [0.3, 0.4) is 0 Å². The maximum atomic E-state index is 12.5. The number of carbonyl (C=O) groups excluding carboxylic acids is 1. The first-order valence-corrected chi connectivity index (χ1v) is 6.66. The van der Waals surface area contributed by atoms with E-state index in [9.17, 15) is 4.79 Å². The van der Waals surface area contributed by atoms with E-state index in [0.29, 0.717) is 11.3 Å². The number of pyridine rings is 1. The monoisotopic (exact) mass is 280 g/mol. The Morgan fingerprint density at radius 2 is 2.05 bits per heavy atom. The molecule has 2 N–H and O–H groups in total. The summed E-state index contributed by atoms with van der Waals surface area (Å²) < 4.78 is 0. The van der Waals surface area contributed by atoms with Gasteiger partial charge >= 0.3 is 0 Å². The van der Waals surface area contributed by atoms with Gasteiger partial charge in [-0.3, -0.25) is 4.79 Å². The first kappa shape index (κ1) is 13.2. The molecule has 0 aliphatic carbocycles. The van der Waals surface area contributed by atoms with E-state index in [-0.39, 0.29) is 5.91 Å². The minimum atomic E-state index is -0.142. The van der Waals surface area contributed by atoms with E-state index < -0.39 is 0 Å². The molecule has 0 radical (unpaired) electrons. The van der Waals surface area contributed by atoms with Crippen molar-refractivity contribution in [1.29, 1.82) is 0 Å². The predicted molar refractivity (Wildman–Crippen MR) is 84.8 cm³/mol. The molecule has 0 saturated carbocycles. The molecule has 0 spiro atoms. The number of rotatable bonds is 3. The van der Waals surface area contributed by atoms with E-state index >= 15 is 0 Å². The number of nitrogens with zero attached hydrogens (tertiary/aromatic N) is 2. The SMILES string of the molecule is CN(C)c1ncccc1NC(=O)c1cccc2[nH]ccc12. The van der Waals surface area contributed by atoms with Gasteiger partial charge in [-0.05, 0) is 30.3 Å². The summed E-state index contributed by atoms with van der Waals surface area (Å²) in [5, 5.41) is 3.84. The molecule has 0 atom stereocenters. The standard InChI is InChI=1S/C16H16N4O/c1-20(2)15-14(7-4-9-18-15)19-16(21)12-5-3-6-13-11(12)8-10-17-13/h3-10,17H,1-2H3,(H,19,21). The Hall–Kier alpha value is -2.82. The summed E-state index contributed by atoms with van der Waals surface area (Å²) in [6.45, 7) is 0. The summed E-state index contributed by atoms with van der Waals surface area (Å²) in [5.41, 5.74) is 2.28. The average molecular weight is 280 g/mol. The van der Waals surface area contributed by atoms with Crippen molar-refractivity contribution in [3.05, 3.63) is 54.4 Å². The topological polar surface area (TPSA) is 61.0 Å². The van der Waals surface area contributed by atoms with Gasteiger partial charge in [0.15, 0.2) is 5.82 Å². The molecule has 0 unspecified atom stereocenters. The van der Waals surface area contributed by atoms with Gasteiger partial charge in [-0.15, -0.1) is 0 Å². The lowest BCUT2D eigenvalue weighted by Crippen LogP contribution is -2.17. The van der Waals surface area contributed by atoms with E-state index in [0.717, 1.165) is 16.7 Å². The smallest absolute Gasteiger partial charge is 0.256 e. The van der Waals surface area contributed by atoms with Crippen LogP contribution in [0.1, 0.15) is 10.4 Å². The summed E-state index contributed by atoms with van der Waals surface area (Å²) in [6, 6.07) is 11.2. The predicted octanol–water partition coefficient (Wildman–Crippen LogP) is 2.88. The molecule has 2 heterocycles. The molecule has 1 amide bonds. The zero-order valence-electron chi connectivity index (χ0n) is 11.9. The van der Waals surface area contributed by atoms with E-state index in [2.05, 4.69) is 15.3 Å². The lowest BCUT2D eigenvalue weighted by Gasteiger charge is -2.16. The largest absolute Gasteiger partial charge is 0.361 e. The number of H-pyrrole nitrogens is 1. The Morgan fingerprint density at radius 1 is 1.19 bits per heavy atom. The van der Waals surface area contributed by atoms with Crippen molar-refractivity contribution in [2.75, 3.05) is 24.3 Å². The number of aromatic amines is 1. The molecule has 1 aromatic carbocycles. The van der Waals surface area contributed by atoms with Gasteiger partial charge < -0.3 is 15.2 Å². The number of nitrogens with one attached hydrogen (secondary N) is 2. The van der Waals surface area contributed by atoms with Gasteiger partial charge in [0.05, 0.1) is 5.69 Å². The fraction of sp³-hybridized carbons (Fsp3) is 0.125. The maximum Gasteiger partial charge on any atom is 0.256 e. The van der Waals surface area contributed by atoms with Crippen LogP contribution in [-0.2, 0) is 0 Å². The Bertz CT molecular complexity index is 792. The molecular formula is C16H16N4O. The van der Waals surface area contributed by atoms with E-state index in [1.807, 2.05) is 55.5 Å². The zero-order valence-corrected chi connectivity index (χ0v) is 11.9. The fourth-order valence-electron chi connectivity index (χ4n) is 2.32. The second-order valence-electron chi connectivity index (χ2n) is 4.97. The molecule has 5 nitrogen and oxygen atoms in total. The number of amides is 1. The van der Waals surface area contributed by atoms with Crippen LogP contribution in [0.4, 0.5) is 11.5 Å². The second-order valence-corrected chi connectivity index (χ2v) is 4.97. The highest BCUT2D eigenvalue weighted by atomic mass is 16.1. The third-order valence-corrected chi connectivity index (χ3v) is 3.30. The molecule has 0 aliphatic rings. The van der Waals surface area contributed by atoms with Crippen molar-refractivity contribution in [3.63, 3.8) is 0 Å². The number of hydrogen-bond acceptors (Lipinski definition) is 3. The minimum absolute atomic E-state index is 0.142. The second kappa shape index (κ2) is 5.28. The Morgan fingerprint density at radius 3 is 2.86 bits per heavy atom. The van der Waals surface area contributed by atoms with E-state index in [1.165, 1.54) is 0 Å². The highest BCUT2D eigenvalue weighted by Gasteiger charge is 2.13. The number of aromatic nitrogens is 2. The van der Waals surface area contributed by atoms with Gasteiger partial charge in [0.25, 0.3) is 5.91 Å². The van der Waals surface area contributed by atoms with Crippen molar-refractivity contribution in [1.82, 2.24) is 9.97 Å². The van der Waals surface area contributed by atoms with Crippen molar-refractivity contribution < 1.29 is 4.79 Å². The molecule has 0 bridgehead atoms. The molecule has 106 valence electrons. The highest BCUT2D eigenvalue weighted by Crippen LogP contribution is 2.23. The molecule has 3 aromatic rings. The molecule has 2 aromatic heterocycles. The van der Waals surface area contributed by atoms with Gasteiger partial charge in [-0.1, -0.05) is 6.07 Å². The van der Waals surface area contributed by atoms with Crippen molar-refractivity contribution in [2.45, 2.75) is 0 Å². The summed E-state index contributed by atoms with van der Waals surface area (Å²) in [4.78, 5) is 21.8. The molecule has 0 fully saturated rings. The van der Waals surface area contributed by atoms with E-state index in [4.69, 9.17) is 0 Å². The van der Waals surface area contributed by atoms with Crippen LogP contribution in [0, 0.1) is 0 Å². The zero-order chi connectivity index (χ0) is 14.8. The normalized spacial score (nSPS) is 10.6. The molecule has 21 heavy (non-hydrogen) atoms. The molecular weight excluding hydrogens is 264 g/mol. The van der Waals surface area contributed by atoms with Crippen LogP contribution in [0.25, 0.3) is 10.9 Å². The lowest BCUT2D eigenvalue weighted by atomic mass is 10.1. The van der Waals surface area contributed by atoms with Gasteiger partial charge in [-0.25, -0.2) is 4.98 Å². The Labute approximate surface area is 122 Å². The number of benzene rings is 1. The van der Waals surface area contributed by atoms with Crippen molar-refractivity contribution in [2.24, 2.45) is 0 Å². The number of anilines is 2. The summed E-state index contributed by atoms with van der Waals surface area (Å²) in [7, 11) is 3.79. The van der Waals surface area contributed by atoms with Gasteiger partial charge in [0.2, 0.25) is 0 Å². The first-order valence-electron chi connectivity index (χ1n) is 6.66.